The van der Waals surface area contributed by atoms with Crippen molar-refractivity contribution in [2.24, 2.45) is 0 Å². The summed E-state index contributed by atoms with van der Waals surface area (Å²) in [5.74, 6) is -1.23. The first-order valence-electron chi connectivity index (χ1n) is 5.01. The molecule has 1 heterocycles. The van der Waals surface area contributed by atoms with Crippen molar-refractivity contribution in [3.8, 4) is 5.75 Å². The van der Waals surface area contributed by atoms with Gasteiger partial charge in [0.2, 0.25) is 5.60 Å². The van der Waals surface area contributed by atoms with Crippen LogP contribution in [0, 0.1) is 5.82 Å². The number of rotatable bonds is 3. The molecule has 5 heteroatoms. The van der Waals surface area contributed by atoms with Gasteiger partial charge in [0.25, 0.3) is 0 Å². The standard InChI is InChI=1S/C11H12FNO3/c12-8-2-1-3-9(6-8)16-11(10(14)15)4-5-13-7-11/h1-3,6,13H,4-5,7H2,(H,14,15). The zero-order valence-corrected chi connectivity index (χ0v) is 8.57. The Hall–Kier alpha value is -1.62. The zero-order valence-electron chi connectivity index (χ0n) is 8.57. The number of halogens is 1. The van der Waals surface area contributed by atoms with E-state index in [-0.39, 0.29) is 12.3 Å². The predicted molar refractivity (Wildman–Crippen MR) is 54.9 cm³/mol. The lowest BCUT2D eigenvalue weighted by Crippen LogP contribution is -2.46. The molecule has 0 bridgehead atoms. The minimum Gasteiger partial charge on any atom is -0.478 e. The lowest BCUT2D eigenvalue weighted by Gasteiger charge is -2.24. The molecule has 0 aromatic heterocycles. The Kier molecular flexibility index (Phi) is 2.78. The van der Waals surface area contributed by atoms with Crippen LogP contribution in [0.1, 0.15) is 6.42 Å². The maximum atomic E-state index is 12.9. The van der Waals surface area contributed by atoms with Gasteiger partial charge in [-0.1, -0.05) is 6.07 Å². The minimum absolute atomic E-state index is 0.235. The number of aliphatic carboxylic acids is 1. The number of hydrogen-bond acceptors (Lipinski definition) is 3. The first-order chi connectivity index (χ1) is 7.62. The fraction of sp³-hybridized carbons (Fsp3) is 0.364. The number of hydrogen-bond donors (Lipinski definition) is 2. The Morgan fingerprint density at radius 2 is 2.38 bits per heavy atom. The lowest BCUT2D eigenvalue weighted by atomic mass is 10.0. The van der Waals surface area contributed by atoms with Gasteiger partial charge >= 0.3 is 5.97 Å². The van der Waals surface area contributed by atoms with Crippen LogP contribution in [0.5, 0.6) is 5.75 Å². The number of nitrogens with one attached hydrogen (secondary N) is 1. The highest BCUT2D eigenvalue weighted by Crippen LogP contribution is 2.24. The van der Waals surface area contributed by atoms with Gasteiger partial charge in [-0.05, 0) is 18.7 Å². The van der Waals surface area contributed by atoms with Gasteiger partial charge in [0, 0.05) is 19.0 Å². The summed E-state index contributed by atoms with van der Waals surface area (Å²) in [7, 11) is 0. The van der Waals surface area contributed by atoms with Gasteiger partial charge in [-0.25, -0.2) is 9.18 Å². The lowest BCUT2D eigenvalue weighted by molar-refractivity contribution is -0.153. The molecule has 1 unspecified atom stereocenters. The molecule has 0 radical (unpaired) electrons. The van der Waals surface area contributed by atoms with Gasteiger partial charge in [0.1, 0.15) is 11.6 Å². The molecule has 2 rings (SSSR count). The Balaban J connectivity index is 2.21. The van der Waals surface area contributed by atoms with Crippen LogP contribution < -0.4 is 10.1 Å². The summed E-state index contributed by atoms with van der Waals surface area (Å²) in [6, 6.07) is 5.50. The highest BCUT2D eigenvalue weighted by atomic mass is 19.1. The number of carboxylic acid groups (broad SMARTS) is 1. The minimum atomic E-state index is -1.27. The molecule has 1 saturated heterocycles. The van der Waals surface area contributed by atoms with Crippen molar-refractivity contribution in [3.05, 3.63) is 30.1 Å². The van der Waals surface area contributed by atoms with E-state index in [2.05, 4.69) is 5.32 Å². The number of ether oxygens (including phenoxy) is 1. The van der Waals surface area contributed by atoms with Gasteiger partial charge in [0.15, 0.2) is 0 Å². The largest absolute Gasteiger partial charge is 0.478 e. The second-order valence-corrected chi connectivity index (χ2v) is 3.79. The Morgan fingerprint density at radius 3 is 2.94 bits per heavy atom. The maximum Gasteiger partial charge on any atom is 0.349 e. The molecule has 0 amide bonds. The van der Waals surface area contributed by atoms with Gasteiger partial charge < -0.3 is 15.2 Å². The van der Waals surface area contributed by atoms with Crippen molar-refractivity contribution in [2.75, 3.05) is 13.1 Å². The van der Waals surface area contributed by atoms with Crippen molar-refractivity contribution in [3.63, 3.8) is 0 Å². The van der Waals surface area contributed by atoms with Crippen molar-refractivity contribution in [1.82, 2.24) is 5.32 Å². The van der Waals surface area contributed by atoms with E-state index < -0.39 is 17.4 Å². The third-order valence-electron chi connectivity index (χ3n) is 2.62. The number of carbonyl (C=O) groups is 1. The molecule has 1 aliphatic rings. The van der Waals surface area contributed by atoms with E-state index in [0.717, 1.165) is 0 Å². The van der Waals surface area contributed by atoms with Crippen LogP contribution in [0.3, 0.4) is 0 Å². The fourth-order valence-electron chi connectivity index (χ4n) is 1.74. The third-order valence-corrected chi connectivity index (χ3v) is 2.62. The monoisotopic (exact) mass is 225 g/mol. The molecule has 1 fully saturated rings. The van der Waals surface area contributed by atoms with E-state index in [4.69, 9.17) is 9.84 Å². The van der Waals surface area contributed by atoms with Gasteiger partial charge in [-0.3, -0.25) is 0 Å². The molecule has 86 valence electrons. The second kappa shape index (κ2) is 4.09. The Morgan fingerprint density at radius 1 is 1.56 bits per heavy atom. The van der Waals surface area contributed by atoms with Crippen LogP contribution in [0.15, 0.2) is 24.3 Å². The highest BCUT2D eigenvalue weighted by Gasteiger charge is 2.44. The molecule has 16 heavy (non-hydrogen) atoms. The molecule has 1 aliphatic heterocycles. The average molecular weight is 225 g/mol. The van der Waals surface area contributed by atoms with E-state index in [1.807, 2.05) is 0 Å². The first-order valence-corrected chi connectivity index (χ1v) is 5.01. The normalized spacial score (nSPS) is 24.3. The van der Waals surface area contributed by atoms with E-state index in [0.29, 0.717) is 13.0 Å². The fourth-order valence-corrected chi connectivity index (χ4v) is 1.74. The van der Waals surface area contributed by atoms with E-state index in [1.54, 1.807) is 6.07 Å². The van der Waals surface area contributed by atoms with Crippen LogP contribution in [0.2, 0.25) is 0 Å². The van der Waals surface area contributed by atoms with Crippen molar-refractivity contribution < 1.29 is 19.0 Å². The van der Waals surface area contributed by atoms with E-state index in [1.165, 1.54) is 18.2 Å². The topological polar surface area (TPSA) is 58.6 Å². The summed E-state index contributed by atoms with van der Waals surface area (Å²) >= 11 is 0. The molecule has 2 N–H and O–H groups in total. The smallest absolute Gasteiger partial charge is 0.349 e. The van der Waals surface area contributed by atoms with Crippen molar-refractivity contribution in [1.29, 1.82) is 0 Å². The molecule has 0 saturated carbocycles. The van der Waals surface area contributed by atoms with E-state index in [9.17, 15) is 9.18 Å². The summed E-state index contributed by atoms with van der Waals surface area (Å²) in [6.07, 6.45) is 0.374. The Bertz CT molecular complexity index is 402. The molecule has 0 aliphatic carbocycles. The van der Waals surface area contributed by atoms with Crippen LogP contribution >= 0.6 is 0 Å². The average Bonchev–Trinajstić information content (AvgIpc) is 2.67. The summed E-state index contributed by atoms with van der Waals surface area (Å²) in [4.78, 5) is 11.2. The third kappa shape index (κ3) is 1.99. The highest BCUT2D eigenvalue weighted by molar-refractivity contribution is 5.78. The summed E-state index contributed by atoms with van der Waals surface area (Å²) < 4.78 is 18.3. The molecule has 4 nitrogen and oxygen atoms in total. The summed E-state index contributed by atoms with van der Waals surface area (Å²) in [6.45, 7) is 0.820. The van der Waals surface area contributed by atoms with Crippen LogP contribution in [0.25, 0.3) is 0 Å². The van der Waals surface area contributed by atoms with Crippen LogP contribution in [0.4, 0.5) is 4.39 Å². The summed E-state index contributed by atoms with van der Waals surface area (Å²) in [5, 5.41) is 12.1. The first kappa shape index (κ1) is 10.9. The quantitative estimate of drug-likeness (QED) is 0.806. The van der Waals surface area contributed by atoms with Crippen LogP contribution in [-0.2, 0) is 4.79 Å². The van der Waals surface area contributed by atoms with Gasteiger partial charge in [0.05, 0.1) is 0 Å². The molecule has 1 aromatic carbocycles. The second-order valence-electron chi connectivity index (χ2n) is 3.79. The zero-order chi connectivity index (χ0) is 11.6. The maximum absolute atomic E-state index is 12.9. The Labute approximate surface area is 92.0 Å². The van der Waals surface area contributed by atoms with Gasteiger partial charge in [-0.15, -0.1) is 0 Å². The molecular formula is C11H12FNO3. The summed E-state index contributed by atoms with van der Waals surface area (Å²) in [5.41, 5.74) is -1.27. The molecule has 1 aromatic rings. The predicted octanol–water partition coefficient (Wildman–Crippen LogP) is 1.02. The van der Waals surface area contributed by atoms with Crippen molar-refractivity contribution in [2.45, 2.75) is 12.0 Å². The number of benzene rings is 1. The molecule has 0 spiro atoms. The molecular weight excluding hydrogens is 213 g/mol. The van der Waals surface area contributed by atoms with Crippen LogP contribution in [-0.4, -0.2) is 29.8 Å². The van der Waals surface area contributed by atoms with Gasteiger partial charge in [-0.2, -0.15) is 0 Å². The van der Waals surface area contributed by atoms with E-state index >= 15 is 0 Å². The molecule has 1 atom stereocenters. The van der Waals surface area contributed by atoms with Crippen molar-refractivity contribution >= 4 is 5.97 Å². The SMILES string of the molecule is O=C(O)C1(Oc2cccc(F)c2)CCNC1. The number of carboxylic acids is 1.